The van der Waals surface area contributed by atoms with Crippen LogP contribution in [0, 0.1) is 11.8 Å². The lowest BCUT2D eigenvalue weighted by Gasteiger charge is -2.29. The quantitative estimate of drug-likeness (QED) is 0.168. The van der Waals surface area contributed by atoms with E-state index in [2.05, 4.69) is 26.6 Å². The van der Waals surface area contributed by atoms with Crippen molar-refractivity contribution in [1.82, 2.24) is 31.5 Å². The molecule has 15 heteroatoms. The first-order valence-electron chi connectivity index (χ1n) is 16.5. The number of benzene rings is 1. The maximum atomic E-state index is 13.3. The number of hydrogen-bond donors (Lipinski definition) is 5. The summed E-state index contributed by atoms with van der Waals surface area (Å²) in [5.41, 5.74) is 0.0370. The second kappa shape index (κ2) is 18.7. The number of esters is 1. The maximum Gasteiger partial charge on any atom is 0.408 e. The molecule has 1 heterocycles. The molecular weight excluding hydrogens is 636 g/mol. The second-order valence-corrected chi connectivity index (χ2v) is 13.7. The molecule has 6 amide bonds. The molecule has 1 aliphatic heterocycles. The first-order valence-corrected chi connectivity index (χ1v) is 16.5. The molecule has 0 unspecified atom stereocenters. The first-order chi connectivity index (χ1) is 22.9. The van der Waals surface area contributed by atoms with Crippen LogP contribution in [0.4, 0.5) is 4.79 Å². The SMILES string of the molecule is CC(C)[C@H](NC(=O)CNC(=O)[C@@H]1CCCN1C(=O)[C@@H](C)NC(=O)[C@H](NC(=O)OC(C)(C)C)C(C)C)C(=O)NCC(=O)OCc1ccccc1. The third-order valence-electron chi connectivity index (χ3n) is 7.53. The molecule has 2 rings (SSSR count). The Labute approximate surface area is 288 Å². The largest absolute Gasteiger partial charge is 0.460 e. The predicted molar refractivity (Wildman–Crippen MR) is 179 cm³/mol. The molecule has 0 saturated carbocycles. The molecule has 49 heavy (non-hydrogen) atoms. The summed E-state index contributed by atoms with van der Waals surface area (Å²) >= 11 is 0. The summed E-state index contributed by atoms with van der Waals surface area (Å²) < 4.78 is 10.4. The zero-order chi connectivity index (χ0) is 36.9. The van der Waals surface area contributed by atoms with Crippen LogP contribution in [-0.2, 0) is 44.8 Å². The van der Waals surface area contributed by atoms with Crippen LogP contribution in [0.2, 0.25) is 0 Å². The summed E-state index contributed by atoms with van der Waals surface area (Å²) in [6, 6.07) is 5.24. The van der Waals surface area contributed by atoms with E-state index in [-0.39, 0.29) is 31.5 Å². The molecule has 1 aromatic carbocycles. The number of amides is 6. The fraction of sp³-hybridized carbons (Fsp3) is 0.618. The van der Waals surface area contributed by atoms with Crippen LogP contribution in [0.15, 0.2) is 30.3 Å². The van der Waals surface area contributed by atoms with Gasteiger partial charge in [0.15, 0.2) is 0 Å². The number of alkyl carbamates (subject to hydrolysis) is 1. The van der Waals surface area contributed by atoms with Crippen molar-refractivity contribution in [3.63, 3.8) is 0 Å². The number of carbonyl (C=O) groups excluding carboxylic acids is 7. The Morgan fingerprint density at radius 3 is 2.02 bits per heavy atom. The van der Waals surface area contributed by atoms with E-state index in [0.717, 1.165) is 5.56 Å². The number of ether oxygens (including phenoxy) is 2. The molecule has 0 radical (unpaired) electrons. The van der Waals surface area contributed by atoms with Gasteiger partial charge in [0, 0.05) is 6.54 Å². The van der Waals surface area contributed by atoms with E-state index in [1.165, 1.54) is 11.8 Å². The Morgan fingerprint density at radius 2 is 1.43 bits per heavy atom. The van der Waals surface area contributed by atoms with Crippen LogP contribution in [-0.4, -0.2) is 95.9 Å². The van der Waals surface area contributed by atoms with Crippen molar-refractivity contribution in [2.45, 2.75) is 105 Å². The van der Waals surface area contributed by atoms with E-state index < -0.39 is 77.9 Å². The van der Waals surface area contributed by atoms with Gasteiger partial charge < -0.3 is 41.0 Å². The minimum Gasteiger partial charge on any atom is -0.460 e. The average Bonchev–Trinajstić information content (AvgIpc) is 3.52. The predicted octanol–water partition coefficient (Wildman–Crippen LogP) is 1.15. The molecule has 1 saturated heterocycles. The van der Waals surface area contributed by atoms with Gasteiger partial charge in [-0.15, -0.1) is 0 Å². The monoisotopic (exact) mass is 688 g/mol. The molecule has 4 atom stereocenters. The van der Waals surface area contributed by atoms with Crippen LogP contribution >= 0.6 is 0 Å². The van der Waals surface area contributed by atoms with E-state index in [1.54, 1.807) is 60.6 Å². The summed E-state index contributed by atoms with van der Waals surface area (Å²) in [6.07, 6.45) is 0.126. The van der Waals surface area contributed by atoms with Gasteiger partial charge in [-0.2, -0.15) is 0 Å². The molecule has 1 fully saturated rings. The van der Waals surface area contributed by atoms with Crippen molar-refractivity contribution in [2.24, 2.45) is 11.8 Å². The minimum absolute atomic E-state index is 0.0586. The average molecular weight is 689 g/mol. The van der Waals surface area contributed by atoms with Gasteiger partial charge in [-0.1, -0.05) is 58.0 Å². The molecule has 1 aliphatic rings. The molecule has 1 aromatic rings. The van der Waals surface area contributed by atoms with Gasteiger partial charge in [0.1, 0.15) is 42.9 Å². The fourth-order valence-corrected chi connectivity index (χ4v) is 4.99. The summed E-state index contributed by atoms with van der Waals surface area (Å²) in [7, 11) is 0. The Morgan fingerprint density at radius 1 is 0.816 bits per heavy atom. The van der Waals surface area contributed by atoms with E-state index in [4.69, 9.17) is 9.47 Å². The topological polar surface area (TPSA) is 201 Å². The van der Waals surface area contributed by atoms with Crippen molar-refractivity contribution >= 4 is 41.6 Å². The molecule has 0 aliphatic carbocycles. The zero-order valence-corrected chi connectivity index (χ0v) is 29.7. The number of nitrogens with one attached hydrogen (secondary N) is 5. The highest BCUT2D eigenvalue weighted by Crippen LogP contribution is 2.19. The lowest BCUT2D eigenvalue weighted by molar-refractivity contribution is -0.145. The highest BCUT2D eigenvalue weighted by molar-refractivity contribution is 5.95. The molecular formula is C34H52N6O9. The highest BCUT2D eigenvalue weighted by atomic mass is 16.6. The van der Waals surface area contributed by atoms with Crippen molar-refractivity contribution in [1.29, 1.82) is 0 Å². The number of carbonyl (C=O) groups is 7. The van der Waals surface area contributed by atoms with E-state index in [9.17, 15) is 33.6 Å². The van der Waals surface area contributed by atoms with Gasteiger partial charge in [-0.05, 0) is 57.9 Å². The maximum absolute atomic E-state index is 13.3. The Kier molecular flexibility index (Phi) is 15.5. The molecule has 272 valence electrons. The third-order valence-corrected chi connectivity index (χ3v) is 7.53. The highest BCUT2D eigenvalue weighted by Gasteiger charge is 2.37. The lowest BCUT2D eigenvalue weighted by Crippen LogP contribution is -2.57. The molecule has 5 N–H and O–H groups in total. The van der Waals surface area contributed by atoms with E-state index >= 15 is 0 Å². The normalized spacial score (nSPS) is 16.2. The molecule has 15 nitrogen and oxygen atoms in total. The van der Waals surface area contributed by atoms with Crippen molar-refractivity contribution < 1.29 is 43.0 Å². The molecule has 0 bridgehead atoms. The van der Waals surface area contributed by atoms with Gasteiger partial charge in [0.2, 0.25) is 29.5 Å². The van der Waals surface area contributed by atoms with Crippen molar-refractivity contribution in [2.75, 3.05) is 19.6 Å². The summed E-state index contributed by atoms with van der Waals surface area (Å²) in [4.78, 5) is 90.6. The summed E-state index contributed by atoms with van der Waals surface area (Å²) in [5, 5.41) is 12.8. The van der Waals surface area contributed by atoms with Gasteiger partial charge in [-0.25, -0.2) is 4.79 Å². The van der Waals surface area contributed by atoms with E-state index in [0.29, 0.717) is 12.8 Å². The Balaban J connectivity index is 1.87. The summed E-state index contributed by atoms with van der Waals surface area (Å²) in [5.74, 6) is -4.14. The molecule has 0 aromatic heterocycles. The first kappa shape index (κ1) is 40.5. The van der Waals surface area contributed by atoms with Crippen LogP contribution in [0.1, 0.15) is 73.8 Å². The van der Waals surface area contributed by atoms with Crippen molar-refractivity contribution in [3.8, 4) is 0 Å². The second-order valence-electron chi connectivity index (χ2n) is 13.7. The number of nitrogens with zero attached hydrogens (tertiary/aromatic N) is 1. The number of hydrogen-bond acceptors (Lipinski definition) is 9. The fourth-order valence-electron chi connectivity index (χ4n) is 4.99. The van der Waals surface area contributed by atoms with Crippen molar-refractivity contribution in [3.05, 3.63) is 35.9 Å². The summed E-state index contributed by atoms with van der Waals surface area (Å²) in [6.45, 7) is 13.0. The number of likely N-dealkylation sites (tertiary alicyclic amines) is 1. The standard InChI is InChI=1S/C34H52N6O9/c1-20(2)27(30(44)36-18-26(42)48-19-23-13-10-9-11-14-23)38-25(41)17-35-29(43)24-15-12-16-40(24)32(46)22(5)37-31(45)28(21(3)4)39-33(47)49-34(6,7)8/h9-11,13-14,20-22,24,27-28H,12,15-19H2,1-8H3,(H,35,43)(H,36,44)(H,37,45)(H,38,41)(H,39,47)/t22-,24+,27+,28-/m1/s1. The third kappa shape index (κ3) is 13.8. The van der Waals surface area contributed by atoms with Gasteiger partial charge in [0.25, 0.3) is 0 Å². The van der Waals surface area contributed by atoms with Gasteiger partial charge in [0.05, 0.1) is 6.54 Å². The van der Waals surface area contributed by atoms with Gasteiger partial charge >= 0.3 is 12.1 Å². The minimum atomic E-state index is -1.01. The number of rotatable bonds is 15. The molecule has 0 spiro atoms. The van der Waals surface area contributed by atoms with Crippen LogP contribution < -0.4 is 26.6 Å². The van der Waals surface area contributed by atoms with E-state index in [1.807, 2.05) is 18.2 Å². The smallest absolute Gasteiger partial charge is 0.408 e. The lowest BCUT2D eigenvalue weighted by atomic mass is 10.0. The van der Waals surface area contributed by atoms with Crippen LogP contribution in [0.3, 0.4) is 0 Å². The van der Waals surface area contributed by atoms with Gasteiger partial charge in [-0.3, -0.25) is 28.8 Å². The van der Waals surface area contributed by atoms with Crippen LogP contribution in [0.25, 0.3) is 0 Å². The zero-order valence-electron chi connectivity index (χ0n) is 29.7. The Bertz CT molecular complexity index is 1330. The van der Waals surface area contributed by atoms with Crippen LogP contribution in [0.5, 0.6) is 0 Å². The Hall–Kier alpha value is -4.69.